The van der Waals surface area contributed by atoms with Crippen LogP contribution in [-0.2, 0) is 0 Å². The van der Waals surface area contributed by atoms with Gasteiger partial charge in [0.2, 0.25) is 0 Å². The summed E-state index contributed by atoms with van der Waals surface area (Å²) in [4.78, 5) is 5.42. The van der Waals surface area contributed by atoms with Crippen molar-refractivity contribution in [3.8, 4) is 0 Å². The molecular weight excluding hydrogens is 278 g/mol. The van der Waals surface area contributed by atoms with Gasteiger partial charge >= 0.3 is 0 Å². The van der Waals surface area contributed by atoms with E-state index in [1.54, 1.807) is 0 Å². The molecular formula is C17H35N3S. The molecule has 0 aliphatic carbocycles. The molecule has 0 aromatic rings. The third kappa shape index (κ3) is 5.12. The lowest BCUT2D eigenvalue weighted by Crippen LogP contribution is -2.62. The molecule has 3 nitrogen and oxygen atoms in total. The maximum atomic E-state index is 3.80. The summed E-state index contributed by atoms with van der Waals surface area (Å²) in [5.41, 5.74) is 0.349. The molecule has 2 heterocycles. The largest absolute Gasteiger partial charge is 0.311 e. The van der Waals surface area contributed by atoms with Crippen LogP contribution in [-0.4, -0.2) is 72.7 Å². The van der Waals surface area contributed by atoms with E-state index in [2.05, 4.69) is 61.5 Å². The highest BCUT2D eigenvalue weighted by atomic mass is 32.2. The Bertz CT molecular complexity index is 308. The van der Waals surface area contributed by atoms with Gasteiger partial charge in [0.25, 0.3) is 0 Å². The Morgan fingerprint density at radius 1 is 1.14 bits per heavy atom. The van der Waals surface area contributed by atoms with Gasteiger partial charge in [0.05, 0.1) is 0 Å². The summed E-state index contributed by atoms with van der Waals surface area (Å²) in [6.45, 7) is 19.2. The van der Waals surface area contributed by atoms with Crippen molar-refractivity contribution < 1.29 is 0 Å². The van der Waals surface area contributed by atoms with Crippen LogP contribution in [0.5, 0.6) is 0 Å². The predicted molar refractivity (Wildman–Crippen MR) is 95.2 cm³/mol. The molecule has 2 rings (SSSR count). The van der Waals surface area contributed by atoms with Crippen LogP contribution in [0.2, 0.25) is 0 Å². The van der Waals surface area contributed by atoms with Gasteiger partial charge in [-0.25, -0.2) is 0 Å². The molecule has 0 aromatic carbocycles. The number of hydrogen-bond donors (Lipinski definition) is 1. The number of nitrogens with one attached hydrogen (secondary N) is 1. The van der Waals surface area contributed by atoms with Crippen LogP contribution < -0.4 is 5.32 Å². The monoisotopic (exact) mass is 313 g/mol. The molecule has 124 valence electrons. The zero-order chi connectivity index (χ0) is 15.5. The molecule has 0 radical (unpaired) electrons. The van der Waals surface area contributed by atoms with Crippen molar-refractivity contribution in [3.63, 3.8) is 0 Å². The predicted octanol–water partition coefficient (Wildman–Crippen LogP) is 2.38. The first-order chi connectivity index (χ1) is 9.88. The van der Waals surface area contributed by atoms with Crippen LogP contribution in [0.15, 0.2) is 0 Å². The van der Waals surface area contributed by atoms with Gasteiger partial charge in [0, 0.05) is 62.9 Å². The van der Waals surface area contributed by atoms with Crippen molar-refractivity contribution in [3.05, 3.63) is 0 Å². The summed E-state index contributed by atoms with van der Waals surface area (Å²) in [6, 6.07) is 1.31. The van der Waals surface area contributed by atoms with E-state index < -0.39 is 0 Å². The van der Waals surface area contributed by atoms with Crippen LogP contribution in [0.4, 0.5) is 0 Å². The van der Waals surface area contributed by atoms with Crippen LogP contribution in [0.3, 0.4) is 0 Å². The topological polar surface area (TPSA) is 18.5 Å². The van der Waals surface area contributed by atoms with E-state index >= 15 is 0 Å². The minimum atomic E-state index is 0.349. The molecule has 4 heteroatoms. The van der Waals surface area contributed by atoms with Crippen molar-refractivity contribution in [2.45, 2.75) is 46.7 Å². The van der Waals surface area contributed by atoms with Gasteiger partial charge < -0.3 is 10.2 Å². The summed E-state index contributed by atoms with van der Waals surface area (Å²) in [5, 5.41) is 3.80. The van der Waals surface area contributed by atoms with Crippen molar-refractivity contribution in [2.24, 2.45) is 11.3 Å². The molecule has 0 spiro atoms. The standard InChI is InChI=1S/C17H35N3S/c1-14(2)15-12-18-16(17(3,4)5)13-20(15)7-6-19-8-10-21-11-9-19/h14-16,18H,6-13H2,1-5H3. The quantitative estimate of drug-likeness (QED) is 0.858. The SMILES string of the molecule is CC(C)C1CNC(C(C)(C)C)CN1CCN1CCSCC1. The first kappa shape index (κ1) is 17.6. The van der Waals surface area contributed by atoms with Crippen LogP contribution in [0.25, 0.3) is 0 Å². The number of thioether (sulfide) groups is 1. The third-order valence-electron chi connectivity index (χ3n) is 5.08. The number of rotatable bonds is 4. The van der Waals surface area contributed by atoms with Crippen molar-refractivity contribution in [1.82, 2.24) is 15.1 Å². The van der Waals surface area contributed by atoms with Crippen LogP contribution in [0.1, 0.15) is 34.6 Å². The van der Waals surface area contributed by atoms with Gasteiger partial charge in [-0.2, -0.15) is 11.8 Å². The van der Waals surface area contributed by atoms with E-state index in [-0.39, 0.29) is 0 Å². The second kappa shape index (κ2) is 7.67. The van der Waals surface area contributed by atoms with E-state index in [1.807, 2.05) is 0 Å². The number of piperazine rings is 1. The molecule has 0 aromatic heterocycles. The van der Waals surface area contributed by atoms with E-state index in [9.17, 15) is 0 Å². The highest BCUT2D eigenvalue weighted by molar-refractivity contribution is 7.99. The fourth-order valence-corrected chi connectivity index (χ4v) is 4.39. The molecule has 2 unspecified atom stereocenters. The average molecular weight is 314 g/mol. The van der Waals surface area contributed by atoms with E-state index in [0.29, 0.717) is 17.5 Å². The Hall–Kier alpha value is 0.230. The Kier molecular flexibility index (Phi) is 6.42. The maximum absolute atomic E-state index is 3.80. The summed E-state index contributed by atoms with van der Waals surface area (Å²) < 4.78 is 0. The molecule has 0 amide bonds. The van der Waals surface area contributed by atoms with Gasteiger partial charge in [-0.05, 0) is 11.3 Å². The van der Waals surface area contributed by atoms with Gasteiger partial charge in [-0.3, -0.25) is 4.90 Å². The summed E-state index contributed by atoms with van der Waals surface area (Å²) in [6.07, 6.45) is 0. The minimum Gasteiger partial charge on any atom is -0.311 e. The maximum Gasteiger partial charge on any atom is 0.0244 e. The second-order valence-electron chi connectivity index (χ2n) is 8.09. The first-order valence-corrected chi connectivity index (χ1v) is 9.81. The summed E-state index contributed by atoms with van der Waals surface area (Å²) >= 11 is 2.10. The smallest absolute Gasteiger partial charge is 0.0244 e. The Morgan fingerprint density at radius 3 is 2.38 bits per heavy atom. The van der Waals surface area contributed by atoms with Crippen molar-refractivity contribution >= 4 is 11.8 Å². The lowest BCUT2D eigenvalue weighted by Gasteiger charge is -2.47. The Balaban J connectivity index is 1.90. The van der Waals surface area contributed by atoms with E-state index in [4.69, 9.17) is 0 Å². The molecule has 2 atom stereocenters. The van der Waals surface area contributed by atoms with E-state index in [0.717, 1.165) is 12.5 Å². The minimum absolute atomic E-state index is 0.349. The molecule has 0 saturated carbocycles. The second-order valence-corrected chi connectivity index (χ2v) is 9.31. The number of nitrogens with zero attached hydrogens (tertiary/aromatic N) is 2. The summed E-state index contributed by atoms with van der Waals surface area (Å²) in [7, 11) is 0. The zero-order valence-corrected chi connectivity index (χ0v) is 15.5. The number of hydrogen-bond acceptors (Lipinski definition) is 4. The molecule has 21 heavy (non-hydrogen) atoms. The van der Waals surface area contributed by atoms with Crippen molar-refractivity contribution in [2.75, 3.05) is 50.8 Å². The average Bonchev–Trinajstić information content (AvgIpc) is 2.45. The third-order valence-corrected chi connectivity index (χ3v) is 6.02. The Morgan fingerprint density at radius 2 is 1.81 bits per heavy atom. The van der Waals surface area contributed by atoms with Gasteiger partial charge in [0.15, 0.2) is 0 Å². The fourth-order valence-electron chi connectivity index (χ4n) is 3.42. The molecule has 2 saturated heterocycles. The first-order valence-electron chi connectivity index (χ1n) is 8.65. The highest BCUT2D eigenvalue weighted by Crippen LogP contribution is 2.25. The summed E-state index contributed by atoms with van der Waals surface area (Å²) in [5.74, 6) is 3.37. The lowest BCUT2D eigenvalue weighted by atomic mass is 9.83. The molecule has 2 aliphatic heterocycles. The van der Waals surface area contributed by atoms with E-state index in [1.165, 1.54) is 44.2 Å². The molecule has 2 fully saturated rings. The van der Waals surface area contributed by atoms with Gasteiger partial charge in [-0.15, -0.1) is 0 Å². The van der Waals surface area contributed by atoms with Gasteiger partial charge in [0.1, 0.15) is 0 Å². The molecule has 0 bridgehead atoms. The zero-order valence-electron chi connectivity index (χ0n) is 14.7. The normalized spacial score (nSPS) is 30.0. The van der Waals surface area contributed by atoms with Gasteiger partial charge in [-0.1, -0.05) is 34.6 Å². The fraction of sp³-hybridized carbons (Fsp3) is 1.00. The lowest BCUT2D eigenvalue weighted by molar-refractivity contribution is 0.0554. The molecule has 1 N–H and O–H groups in total. The van der Waals surface area contributed by atoms with Crippen molar-refractivity contribution in [1.29, 1.82) is 0 Å². The highest BCUT2D eigenvalue weighted by Gasteiger charge is 2.35. The molecule has 2 aliphatic rings. The van der Waals surface area contributed by atoms with Crippen LogP contribution in [0, 0.1) is 11.3 Å². The Labute approximate surface area is 136 Å². The van der Waals surface area contributed by atoms with Crippen LogP contribution >= 0.6 is 11.8 Å².